The van der Waals surface area contributed by atoms with Crippen molar-refractivity contribution in [1.82, 2.24) is 19.9 Å². The van der Waals surface area contributed by atoms with Gasteiger partial charge >= 0.3 is 0 Å². The Kier molecular flexibility index (Phi) is 3.33. The second-order valence-corrected chi connectivity index (χ2v) is 4.26. The van der Waals surface area contributed by atoms with Gasteiger partial charge in [-0.15, -0.1) is 0 Å². The van der Waals surface area contributed by atoms with Crippen molar-refractivity contribution in [2.75, 3.05) is 7.05 Å². The lowest BCUT2D eigenvalue weighted by Crippen LogP contribution is -2.15. The maximum absolute atomic E-state index is 6.02. The van der Waals surface area contributed by atoms with Crippen LogP contribution >= 0.6 is 23.2 Å². The molecule has 0 aliphatic rings. The van der Waals surface area contributed by atoms with Gasteiger partial charge in [-0.05, 0) is 13.5 Å². The maximum atomic E-state index is 6.02. The van der Waals surface area contributed by atoms with Crippen LogP contribution in [0, 0.1) is 0 Å². The maximum Gasteiger partial charge on any atom is 0.158 e. The molecule has 1 atom stereocenters. The standard InChI is InChI=1S/C10H12Cl2N4/c1-3-6(13-2)7-4-10-14-8(11)5-9(12)16(10)15-7/h4-6,13H,3H2,1-2H3. The predicted octanol–water partition coefficient (Wildman–Crippen LogP) is 2.71. The van der Waals surface area contributed by atoms with Crippen molar-refractivity contribution in [1.29, 1.82) is 0 Å². The Hall–Kier alpha value is -0.840. The van der Waals surface area contributed by atoms with Gasteiger partial charge in [0.05, 0.1) is 11.7 Å². The van der Waals surface area contributed by atoms with Gasteiger partial charge in [0.25, 0.3) is 0 Å². The molecule has 0 saturated heterocycles. The predicted molar refractivity (Wildman–Crippen MR) is 65.1 cm³/mol. The van der Waals surface area contributed by atoms with E-state index in [1.807, 2.05) is 13.1 Å². The highest BCUT2D eigenvalue weighted by molar-refractivity contribution is 6.33. The minimum Gasteiger partial charge on any atom is -0.312 e. The monoisotopic (exact) mass is 258 g/mol. The van der Waals surface area contributed by atoms with Gasteiger partial charge < -0.3 is 5.32 Å². The van der Waals surface area contributed by atoms with Gasteiger partial charge in [0.1, 0.15) is 10.3 Å². The van der Waals surface area contributed by atoms with E-state index in [1.54, 1.807) is 10.6 Å². The number of hydrogen-bond acceptors (Lipinski definition) is 3. The normalized spacial score (nSPS) is 13.2. The third-order valence-corrected chi connectivity index (χ3v) is 2.95. The van der Waals surface area contributed by atoms with E-state index in [1.165, 1.54) is 0 Å². The molecule has 86 valence electrons. The summed E-state index contributed by atoms with van der Waals surface area (Å²) in [6.07, 6.45) is 0.950. The largest absolute Gasteiger partial charge is 0.312 e. The fourth-order valence-electron chi connectivity index (χ4n) is 1.66. The smallest absolute Gasteiger partial charge is 0.158 e. The summed E-state index contributed by atoms with van der Waals surface area (Å²) in [6, 6.07) is 3.67. The highest BCUT2D eigenvalue weighted by Crippen LogP contribution is 2.21. The Bertz CT molecular complexity index is 505. The summed E-state index contributed by atoms with van der Waals surface area (Å²) in [5.41, 5.74) is 1.59. The molecule has 0 amide bonds. The Morgan fingerprint density at radius 1 is 1.44 bits per heavy atom. The molecule has 0 aliphatic heterocycles. The van der Waals surface area contributed by atoms with E-state index >= 15 is 0 Å². The van der Waals surface area contributed by atoms with Crippen LogP contribution in [0.3, 0.4) is 0 Å². The number of hydrogen-bond donors (Lipinski definition) is 1. The fourth-order valence-corrected chi connectivity index (χ4v) is 2.13. The van der Waals surface area contributed by atoms with Crippen LogP contribution in [0.4, 0.5) is 0 Å². The number of halogens is 2. The highest BCUT2D eigenvalue weighted by Gasteiger charge is 2.13. The number of aromatic nitrogens is 3. The quantitative estimate of drug-likeness (QED) is 0.862. The lowest BCUT2D eigenvalue weighted by Gasteiger charge is -2.09. The Balaban J connectivity index is 2.55. The van der Waals surface area contributed by atoms with E-state index in [9.17, 15) is 0 Å². The van der Waals surface area contributed by atoms with E-state index in [-0.39, 0.29) is 6.04 Å². The molecule has 4 nitrogen and oxygen atoms in total. The zero-order valence-corrected chi connectivity index (χ0v) is 10.5. The summed E-state index contributed by atoms with van der Waals surface area (Å²) in [4.78, 5) is 4.16. The molecular formula is C10H12Cl2N4. The van der Waals surface area contributed by atoms with Gasteiger partial charge in [-0.25, -0.2) is 9.50 Å². The zero-order valence-electron chi connectivity index (χ0n) is 9.04. The lowest BCUT2D eigenvalue weighted by atomic mass is 10.1. The number of rotatable bonds is 3. The van der Waals surface area contributed by atoms with Crippen molar-refractivity contribution in [2.24, 2.45) is 0 Å². The minimum atomic E-state index is 0.205. The van der Waals surface area contributed by atoms with Crippen LogP contribution in [0.15, 0.2) is 12.1 Å². The first-order chi connectivity index (χ1) is 7.65. The van der Waals surface area contributed by atoms with Crippen molar-refractivity contribution in [3.8, 4) is 0 Å². The van der Waals surface area contributed by atoms with Crippen molar-refractivity contribution < 1.29 is 0 Å². The summed E-state index contributed by atoms with van der Waals surface area (Å²) in [5.74, 6) is 0. The third-order valence-electron chi connectivity index (χ3n) is 2.49. The van der Waals surface area contributed by atoms with Gasteiger partial charge in [0, 0.05) is 12.1 Å². The molecule has 1 unspecified atom stereocenters. The summed E-state index contributed by atoms with van der Waals surface area (Å²) in [6.45, 7) is 2.09. The molecule has 0 radical (unpaired) electrons. The van der Waals surface area contributed by atoms with E-state index in [4.69, 9.17) is 23.2 Å². The lowest BCUT2D eigenvalue weighted by molar-refractivity contribution is 0.557. The Morgan fingerprint density at radius 3 is 2.81 bits per heavy atom. The Morgan fingerprint density at radius 2 is 2.19 bits per heavy atom. The third kappa shape index (κ3) is 2.00. The van der Waals surface area contributed by atoms with Crippen LogP contribution in [0.2, 0.25) is 10.3 Å². The van der Waals surface area contributed by atoms with Crippen molar-refractivity contribution in [2.45, 2.75) is 19.4 Å². The molecule has 0 fully saturated rings. The summed E-state index contributed by atoms with van der Waals surface area (Å²) in [5, 5.41) is 8.42. The van der Waals surface area contributed by atoms with Gasteiger partial charge in [-0.2, -0.15) is 5.10 Å². The SMILES string of the molecule is CCC(NC)c1cc2nc(Cl)cc(Cl)n2n1. The minimum absolute atomic E-state index is 0.205. The van der Waals surface area contributed by atoms with Gasteiger partial charge in [0.2, 0.25) is 0 Å². The number of fused-ring (bicyclic) bond motifs is 1. The summed E-state index contributed by atoms with van der Waals surface area (Å²) >= 11 is 11.9. The van der Waals surface area contributed by atoms with Crippen LogP contribution in [0.5, 0.6) is 0 Å². The van der Waals surface area contributed by atoms with Crippen molar-refractivity contribution in [3.63, 3.8) is 0 Å². The molecule has 16 heavy (non-hydrogen) atoms. The molecule has 0 aromatic carbocycles. The van der Waals surface area contributed by atoms with Gasteiger partial charge in [-0.1, -0.05) is 30.1 Å². The first-order valence-corrected chi connectivity index (χ1v) is 5.80. The average Bonchev–Trinajstić information content (AvgIpc) is 2.63. The first-order valence-electron chi connectivity index (χ1n) is 5.04. The molecule has 0 saturated carbocycles. The highest BCUT2D eigenvalue weighted by atomic mass is 35.5. The van der Waals surface area contributed by atoms with E-state index in [0.717, 1.165) is 12.1 Å². The zero-order chi connectivity index (χ0) is 11.7. The molecule has 2 heterocycles. The number of nitrogens with zero attached hydrogens (tertiary/aromatic N) is 3. The second-order valence-electron chi connectivity index (χ2n) is 3.49. The molecular weight excluding hydrogens is 247 g/mol. The molecule has 2 rings (SSSR count). The summed E-state index contributed by atoms with van der Waals surface area (Å²) in [7, 11) is 1.90. The Labute approximate surface area is 104 Å². The molecule has 2 aromatic rings. The molecule has 0 bridgehead atoms. The second kappa shape index (κ2) is 4.57. The van der Waals surface area contributed by atoms with Crippen molar-refractivity contribution in [3.05, 3.63) is 28.1 Å². The van der Waals surface area contributed by atoms with Crippen LogP contribution < -0.4 is 5.32 Å². The molecule has 2 aromatic heterocycles. The van der Waals surface area contributed by atoms with Crippen molar-refractivity contribution >= 4 is 28.8 Å². The van der Waals surface area contributed by atoms with Crippen LogP contribution in [0.1, 0.15) is 25.1 Å². The number of nitrogens with one attached hydrogen (secondary N) is 1. The van der Waals surface area contributed by atoms with Crippen LogP contribution in [-0.2, 0) is 0 Å². The first kappa shape index (κ1) is 11.6. The van der Waals surface area contributed by atoms with E-state index in [2.05, 4.69) is 22.3 Å². The van der Waals surface area contributed by atoms with Gasteiger partial charge in [0.15, 0.2) is 5.65 Å². The van der Waals surface area contributed by atoms with Crippen LogP contribution in [-0.4, -0.2) is 21.6 Å². The molecule has 0 spiro atoms. The van der Waals surface area contributed by atoms with E-state index < -0.39 is 0 Å². The topological polar surface area (TPSA) is 42.2 Å². The molecule has 0 aliphatic carbocycles. The van der Waals surface area contributed by atoms with E-state index in [0.29, 0.717) is 16.0 Å². The molecule has 1 N–H and O–H groups in total. The average molecular weight is 259 g/mol. The summed E-state index contributed by atoms with van der Waals surface area (Å²) < 4.78 is 1.59. The van der Waals surface area contributed by atoms with Crippen LogP contribution in [0.25, 0.3) is 5.65 Å². The molecule has 6 heteroatoms. The fraction of sp³-hybridized carbons (Fsp3) is 0.400. The van der Waals surface area contributed by atoms with Gasteiger partial charge in [-0.3, -0.25) is 0 Å².